The molecule has 0 bridgehead atoms. The van der Waals surface area contributed by atoms with Gasteiger partial charge in [0.25, 0.3) is 0 Å². The van der Waals surface area contributed by atoms with Crippen LogP contribution in [0.25, 0.3) is 44.5 Å². The maximum Gasteiger partial charge on any atom is 0.0568 e. The Hall–Kier alpha value is -5.34. The highest BCUT2D eigenvalue weighted by molar-refractivity contribution is 5.84. The Bertz CT molecular complexity index is 1580. The Morgan fingerprint density at radius 2 is 0.475 bits per heavy atom. The Morgan fingerprint density at radius 1 is 0.250 bits per heavy atom. The van der Waals surface area contributed by atoms with Gasteiger partial charge >= 0.3 is 0 Å². The third-order valence-corrected chi connectivity index (χ3v) is 6.95. The second-order valence-electron chi connectivity index (χ2n) is 9.62. The summed E-state index contributed by atoms with van der Waals surface area (Å²) in [4.78, 5) is 0. The van der Waals surface area contributed by atoms with E-state index in [1.54, 1.807) is 12.4 Å². The SMILES string of the molecule is C(=N\N=C\c1ccc(-c2ccc(-c3ccccc3)cc2)cc1)/c1ccc(-c2ccc(-c3ccccc3)cc2)cc1. The summed E-state index contributed by atoms with van der Waals surface area (Å²) in [5, 5.41) is 8.50. The van der Waals surface area contributed by atoms with Crippen molar-refractivity contribution in [2.24, 2.45) is 10.2 Å². The van der Waals surface area contributed by atoms with E-state index in [4.69, 9.17) is 0 Å². The van der Waals surface area contributed by atoms with E-state index in [9.17, 15) is 0 Å². The number of benzene rings is 6. The second-order valence-corrected chi connectivity index (χ2v) is 9.62. The molecule has 0 saturated carbocycles. The van der Waals surface area contributed by atoms with Gasteiger partial charge in [0, 0.05) is 0 Å². The third-order valence-electron chi connectivity index (χ3n) is 6.95. The van der Waals surface area contributed by atoms with Gasteiger partial charge in [-0.2, -0.15) is 10.2 Å². The maximum atomic E-state index is 4.25. The molecule has 0 aromatic heterocycles. The van der Waals surface area contributed by atoms with Crippen LogP contribution in [-0.2, 0) is 0 Å². The van der Waals surface area contributed by atoms with Crippen LogP contribution in [0.1, 0.15) is 11.1 Å². The zero-order chi connectivity index (χ0) is 27.0. The fourth-order valence-corrected chi connectivity index (χ4v) is 4.69. The van der Waals surface area contributed by atoms with Gasteiger partial charge in [-0.25, -0.2) is 0 Å². The molecule has 0 heterocycles. The average molecular weight is 513 g/mol. The molecule has 0 amide bonds. The fourth-order valence-electron chi connectivity index (χ4n) is 4.69. The average Bonchev–Trinajstić information content (AvgIpc) is 3.05. The van der Waals surface area contributed by atoms with Crippen molar-refractivity contribution in [1.82, 2.24) is 0 Å². The first kappa shape index (κ1) is 25.0. The highest BCUT2D eigenvalue weighted by Gasteiger charge is 2.02. The molecule has 0 unspecified atom stereocenters. The number of rotatable bonds is 7. The summed E-state index contributed by atoms with van der Waals surface area (Å²) < 4.78 is 0. The van der Waals surface area contributed by atoms with Crippen molar-refractivity contribution >= 4 is 12.4 Å². The van der Waals surface area contributed by atoms with Gasteiger partial charge in [0.15, 0.2) is 0 Å². The van der Waals surface area contributed by atoms with Crippen LogP contribution in [0.4, 0.5) is 0 Å². The molecule has 0 radical (unpaired) electrons. The highest BCUT2D eigenvalue weighted by atomic mass is 15.2. The van der Waals surface area contributed by atoms with Gasteiger partial charge in [-0.1, -0.05) is 158 Å². The van der Waals surface area contributed by atoms with Crippen LogP contribution in [0.3, 0.4) is 0 Å². The molecule has 0 atom stereocenters. The molecule has 0 aliphatic rings. The third kappa shape index (κ3) is 6.03. The van der Waals surface area contributed by atoms with Gasteiger partial charge in [0.1, 0.15) is 0 Å². The molecular formula is C38H28N2. The molecule has 0 N–H and O–H groups in total. The maximum absolute atomic E-state index is 4.25. The monoisotopic (exact) mass is 512 g/mol. The predicted molar refractivity (Wildman–Crippen MR) is 170 cm³/mol. The number of nitrogens with zero attached hydrogens (tertiary/aromatic N) is 2. The lowest BCUT2D eigenvalue weighted by Crippen LogP contribution is -1.84. The van der Waals surface area contributed by atoms with Crippen molar-refractivity contribution in [2.75, 3.05) is 0 Å². The van der Waals surface area contributed by atoms with E-state index in [2.05, 4.69) is 156 Å². The number of hydrogen-bond donors (Lipinski definition) is 0. The smallest absolute Gasteiger partial charge is 0.0568 e. The van der Waals surface area contributed by atoms with E-state index in [0.29, 0.717) is 0 Å². The van der Waals surface area contributed by atoms with Crippen LogP contribution in [-0.4, -0.2) is 12.4 Å². The standard InChI is InChI=1S/C38H28N2/c1-3-7-31(8-4-1)35-19-23-37(24-20-35)33-15-11-29(12-16-33)27-39-40-28-30-13-17-34(18-14-30)38-25-21-36(22-26-38)32-9-5-2-6-10-32/h1-28H/b39-27+,40-28+. The first-order valence-corrected chi connectivity index (χ1v) is 13.4. The van der Waals surface area contributed by atoms with Crippen LogP contribution in [0.5, 0.6) is 0 Å². The molecule has 40 heavy (non-hydrogen) atoms. The molecule has 0 spiro atoms. The van der Waals surface area contributed by atoms with E-state index in [-0.39, 0.29) is 0 Å². The second kappa shape index (κ2) is 12.0. The van der Waals surface area contributed by atoms with Crippen LogP contribution >= 0.6 is 0 Å². The lowest BCUT2D eigenvalue weighted by molar-refractivity contribution is 1.26. The summed E-state index contributed by atoms with van der Waals surface area (Å²) in [7, 11) is 0. The lowest BCUT2D eigenvalue weighted by Gasteiger charge is -2.05. The Morgan fingerprint density at radius 3 is 0.750 bits per heavy atom. The quantitative estimate of drug-likeness (QED) is 0.150. The van der Waals surface area contributed by atoms with Crippen molar-refractivity contribution < 1.29 is 0 Å². The molecule has 0 fully saturated rings. The molecule has 6 aromatic carbocycles. The molecule has 190 valence electrons. The van der Waals surface area contributed by atoms with E-state index < -0.39 is 0 Å². The zero-order valence-electron chi connectivity index (χ0n) is 22.1. The van der Waals surface area contributed by atoms with Crippen molar-refractivity contribution in [1.29, 1.82) is 0 Å². The first-order valence-electron chi connectivity index (χ1n) is 13.4. The van der Waals surface area contributed by atoms with Gasteiger partial charge in [0.05, 0.1) is 12.4 Å². The van der Waals surface area contributed by atoms with Crippen LogP contribution in [0, 0.1) is 0 Å². The Kier molecular flexibility index (Phi) is 7.50. The zero-order valence-corrected chi connectivity index (χ0v) is 22.1. The predicted octanol–water partition coefficient (Wildman–Crippen LogP) is 9.81. The van der Waals surface area contributed by atoms with Gasteiger partial charge in [-0.3, -0.25) is 0 Å². The lowest BCUT2D eigenvalue weighted by atomic mass is 10.00. The minimum absolute atomic E-state index is 1.01. The largest absolute Gasteiger partial charge is 0.159 e. The minimum Gasteiger partial charge on any atom is -0.159 e. The summed E-state index contributed by atoms with van der Waals surface area (Å²) in [5.74, 6) is 0. The molecule has 2 heteroatoms. The van der Waals surface area contributed by atoms with Gasteiger partial charge in [-0.05, 0) is 55.6 Å². The van der Waals surface area contributed by atoms with Crippen LogP contribution < -0.4 is 0 Å². The number of hydrogen-bond acceptors (Lipinski definition) is 2. The van der Waals surface area contributed by atoms with Crippen molar-refractivity contribution in [3.63, 3.8) is 0 Å². The molecular weight excluding hydrogens is 484 g/mol. The first-order chi connectivity index (χ1) is 19.8. The summed E-state index contributed by atoms with van der Waals surface area (Å²) in [6.45, 7) is 0. The van der Waals surface area contributed by atoms with Crippen molar-refractivity contribution in [2.45, 2.75) is 0 Å². The van der Waals surface area contributed by atoms with Crippen molar-refractivity contribution in [3.05, 3.63) is 169 Å². The highest BCUT2D eigenvalue weighted by Crippen LogP contribution is 2.26. The molecule has 0 aliphatic carbocycles. The summed E-state index contributed by atoms with van der Waals surface area (Å²) >= 11 is 0. The summed E-state index contributed by atoms with van der Waals surface area (Å²) in [6.07, 6.45) is 3.56. The Balaban J connectivity index is 1.05. The normalized spacial score (nSPS) is 11.3. The minimum atomic E-state index is 1.01. The Labute approximate surface area is 235 Å². The van der Waals surface area contributed by atoms with Crippen LogP contribution in [0.2, 0.25) is 0 Å². The molecule has 0 aliphatic heterocycles. The van der Waals surface area contributed by atoms with Gasteiger partial charge < -0.3 is 0 Å². The molecule has 6 rings (SSSR count). The molecule has 2 nitrogen and oxygen atoms in total. The van der Waals surface area contributed by atoms with E-state index in [1.165, 1.54) is 44.5 Å². The van der Waals surface area contributed by atoms with Gasteiger partial charge in [-0.15, -0.1) is 0 Å². The topological polar surface area (TPSA) is 24.7 Å². The van der Waals surface area contributed by atoms with E-state index in [0.717, 1.165) is 11.1 Å². The van der Waals surface area contributed by atoms with E-state index >= 15 is 0 Å². The van der Waals surface area contributed by atoms with Crippen LogP contribution in [0.15, 0.2) is 168 Å². The van der Waals surface area contributed by atoms with Gasteiger partial charge in [0.2, 0.25) is 0 Å². The molecule has 0 saturated heterocycles. The van der Waals surface area contributed by atoms with Crippen molar-refractivity contribution in [3.8, 4) is 44.5 Å². The van der Waals surface area contributed by atoms with E-state index in [1.807, 2.05) is 12.1 Å². The summed E-state index contributed by atoms with van der Waals surface area (Å²) in [6, 6.07) is 55.0. The summed E-state index contributed by atoms with van der Waals surface area (Å²) in [5.41, 5.74) is 11.7. The fraction of sp³-hybridized carbons (Fsp3) is 0. The molecule has 6 aromatic rings.